The average Bonchev–Trinajstić information content (AvgIpc) is 2.64. The standard InChI is InChI=1S/C22H24N2O2S/c1-14-8-9-17(12-15(14)2)23-20(25)10-11-27-21-13-16(3)18-6-5-7-19(26-4)22(18)24-21/h5-9,12-13H,10-11H2,1-4H3,(H,23,25). The molecule has 5 heteroatoms. The number of hydrogen-bond acceptors (Lipinski definition) is 4. The number of hydrogen-bond donors (Lipinski definition) is 1. The number of rotatable bonds is 6. The monoisotopic (exact) mass is 380 g/mol. The summed E-state index contributed by atoms with van der Waals surface area (Å²) in [6.45, 7) is 6.17. The number of aryl methyl sites for hydroxylation is 3. The number of nitrogens with zero attached hydrogens (tertiary/aromatic N) is 1. The van der Waals surface area contributed by atoms with Gasteiger partial charge < -0.3 is 10.1 Å². The molecule has 0 aliphatic carbocycles. The van der Waals surface area contributed by atoms with Crippen LogP contribution in [0.2, 0.25) is 0 Å². The van der Waals surface area contributed by atoms with Gasteiger partial charge in [-0.3, -0.25) is 4.79 Å². The smallest absolute Gasteiger partial charge is 0.225 e. The van der Waals surface area contributed by atoms with Crippen molar-refractivity contribution in [3.05, 3.63) is 59.2 Å². The second kappa shape index (κ2) is 8.44. The molecule has 0 atom stereocenters. The molecule has 0 bridgehead atoms. The van der Waals surface area contributed by atoms with Gasteiger partial charge in [0.25, 0.3) is 0 Å². The molecular formula is C22H24N2O2S. The third-order valence-corrected chi connectivity index (χ3v) is 5.49. The highest BCUT2D eigenvalue weighted by Gasteiger charge is 2.09. The van der Waals surface area contributed by atoms with E-state index in [4.69, 9.17) is 9.72 Å². The first kappa shape index (κ1) is 19.2. The van der Waals surface area contributed by atoms with Gasteiger partial charge in [0.1, 0.15) is 11.3 Å². The van der Waals surface area contributed by atoms with Crippen molar-refractivity contribution in [3.63, 3.8) is 0 Å². The molecule has 0 fully saturated rings. The molecule has 0 aliphatic rings. The van der Waals surface area contributed by atoms with E-state index in [-0.39, 0.29) is 5.91 Å². The summed E-state index contributed by atoms with van der Waals surface area (Å²) in [6.07, 6.45) is 0.433. The van der Waals surface area contributed by atoms with E-state index in [0.717, 1.165) is 32.9 Å². The summed E-state index contributed by atoms with van der Waals surface area (Å²) in [6, 6.07) is 14.0. The molecule has 0 saturated heterocycles. The summed E-state index contributed by atoms with van der Waals surface area (Å²) in [7, 11) is 1.66. The van der Waals surface area contributed by atoms with Gasteiger partial charge >= 0.3 is 0 Å². The Bertz CT molecular complexity index is 985. The van der Waals surface area contributed by atoms with Crippen LogP contribution >= 0.6 is 11.8 Å². The van der Waals surface area contributed by atoms with Crippen LogP contribution in [-0.2, 0) is 4.79 Å². The molecule has 1 aromatic heterocycles. The molecule has 0 spiro atoms. The van der Waals surface area contributed by atoms with E-state index < -0.39 is 0 Å². The van der Waals surface area contributed by atoms with Crippen LogP contribution in [-0.4, -0.2) is 23.8 Å². The van der Waals surface area contributed by atoms with E-state index in [1.807, 2.05) is 43.3 Å². The van der Waals surface area contributed by atoms with E-state index in [2.05, 4.69) is 25.2 Å². The predicted octanol–water partition coefficient (Wildman–Crippen LogP) is 5.29. The van der Waals surface area contributed by atoms with Crippen LogP contribution in [0.1, 0.15) is 23.1 Å². The second-order valence-electron chi connectivity index (χ2n) is 6.58. The van der Waals surface area contributed by atoms with Crippen LogP contribution in [0.4, 0.5) is 5.69 Å². The largest absolute Gasteiger partial charge is 0.494 e. The first-order valence-electron chi connectivity index (χ1n) is 8.92. The Balaban J connectivity index is 1.63. The van der Waals surface area contributed by atoms with Gasteiger partial charge in [-0.05, 0) is 61.7 Å². The number of aromatic nitrogens is 1. The number of amides is 1. The van der Waals surface area contributed by atoms with Crippen LogP contribution < -0.4 is 10.1 Å². The number of anilines is 1. The third kappa shape index (κ3) is 4.61. The fourth-order valence-corrected chi connectivity index (χ4v) is 3.80. The molecule has 1 N–H and O–H groups in total. The van der Waals surface area contributed by atoms with Crippen molar-refractivity contribution >= 4 is 34.3 Å². The Kier molecular flexibility index (Phi) is 6.01. The number of ether oxygens (including phenoxy) is 1. The first-order chi connectivity index (χ1) is 13.0. The van der Waals surface area contributed by atoms with Gasteiger partial charge in [-0.2, -0.15) is 0 Å². The lowest BCUT2D eigenvalue weighted by Crippen LogP contribution is -2.12. The lowest BCUT2D eigenvalue weighted by molar-refractivity contribution is -0.115. The van der Waals surface area contributed by atoms with Crippen molar-refractivity contribution < 1.29 is 9.53 Å². The van der Waals surface area contributed by atoms with Crippen molar-refractivity contribution in [1.82, 2.24) is 4.98 Å². The molecule has 27 heavy (non-hydrogen) atoms. The lowest BCUT2D eigenvalue weighted by atomic mass is 10.1. The number of methoxy groups -OCH3 is 1. The lowest BCUT2D eigenvalue weighted by Gasteiger charge is -2.10. The van der Waals surface area contributed by atoms with Gasteiger partial charge in [0.05, 0.1) is 12.1 Å². The van der Waals surface area contributed by atoms with E-state index in [0.29, 0.717) is 12.2 Å². The Morgan fingerprint density at radius 2 is 1.89 bits per heavy atom. The van der Waals surface area contributed by atoms with E-state index in [1.54, 1.807) is 18.9 Å². The summed E-state index contributed by atoms with van der Waals surface area (Å²) in [5, 5.41) is 4.96. The van der Waals surface area contributed by atoms with Crippen LogP contribution in [0.25, 0.3) is 10.9 Å². The van der Waals surface area contributed by atoms with Crippen molar-refractivity contribution in [2.75, 3.05) is 18.2 Å². The summed E-state index contributed by atoms with van der Waals surface area (Å²) in [4.78, 5) is 16.9. The molecule has 1 heterocycles. The van der Waals surface area contributed by atoms with E-state index in [9.17, 15) is 4.79 Å². The topological polar surface area (TPSA) is 51.2 Å². The molecule has 3 aromatic rings. The third-order valence-electron chi connectivity index (χ3n) is 4.58. The Morgan fingerprint density at radius 1 is 1.07 bits per heavy atom. The normalized spacial score (nSPS) is 10.8. The average molecular weight is 381 g/mol. The minimum atomic E-state index is 0.0147. The van der Waals surface area contributed by atoms with Gasteiger partial charge in [0, 0.05) is 23.2 Å². The quantitative estimate of drug-likeness (QED) is 0.590. The number of benzene rings is 2. The van der Waals surface area contributed by atoms with Crippen molar-refractivity contribution in [2.24, 2.45) is 0 Å². The van der Waals surface area contributed by atoms with Crippen LogP contribution in [0, 0.1) is 20.8 Å². The predicted molar refractivity (Wildman–Crippen MR) is 113 cm³/mol. The Hall–Kier alpha value is -2.53. The first-order valence-corrected chi connectivity index (χ1v) is 9.91. The molecule has 0 unspecified atom stereocenters. The maximum Gasteiger partial charge on any atom is 0.225 e. The number of carbonyl (C=O) groups excluding carboxylic acids is 1. The van der Waals surface area contributed by atoms with E-state index >= 15 is 0 Å². The van der Waals surface area contributed by atoms with Crippen molar-refractivity contribution in [3.8, 4) is 5.75 Å². The molecule has 0 aliphatic heterocycles. The zero-order valence-corrected chi connectivity index (χ0v) is 16.9. The minimum Gasteiger partial charge on any atom is -0.494 e. The molecule has 2 aromatic carbocycles. The molecule has 3 rings (SSSR count). The summed E-state index contributed by atoms with van der Waals surface area (Å²) in [5.41, 5.74) is 5.25. The highest BCUT2D eigenvalue weighted by molar-refractivity contribution is 7.99. The number of nitrogens with one attached hydrogen (secondary N) is 1. The zero-order chi connectivity index (χ0) is 19.4. The summed E-state index contributed by atoms with van der Waals surface area (Å²) < 4.78 is 5.43. The highest BCUT2D eigenvalue weighted by atomic mass is 32.2. The van der Waals surface area contributed by atoms with Crippen LogP contribution in [0.15, 0.2) is 47.5 Å². The number of fused-ring (bicyclic) bond motifs is 1. The number of carbonyl (C=O) groups is 1. The van der Waals surface area contributed by atoms with Gasteiger partial charge in [0.15, 0.2) is 0 Å². The van der Waals surface area contributed by atoms with Gasteiger partial charge in [0.2, 0.25) is 5.91 Å². The SMILES string of the molecule is COc1cccc2c(C)cc(SCCC(=O)Nc3ccc(C)c(C)c3)nc12. The van der Waals surface area contributed by atoms with Gasteiger partial charge in [-0.1, -0.05) is 18.2 Å². The van der Waals surface area contributed by atoms with Crippen molar-refractivity contribution in [1.29, 1.82) is 0 Å². The summed E-state index contributed by atoms with van der Waals surface area (Å²) in [5.74, 6) is 1.45. The zero-order valence-electron chi connectivity index (χ0n) is 16.1. The molecule has 0 saturated carbocycles. The van der Waals surface area contributed by atoms with Crippen LogP contribution in [0.3, 0.4) is 0 Å². The second-order valence-corrected chi connectivity index (χ2v) is 7.69. The maximum atomic E-state index is 12.2. The van der Waals surface area contributed by atoms with Crippen LogP contribution in [0.5, 0.6) is 5.75 Å². The molecule has 1 amide bonds. The van der Waals surface area contributed by atoms with E-state index in [1.165, 1.54) is 11.1 Å². The highest BCUT2D eigenvalue weighted by Crippen LogP contribution is 2.29. The molecule has 4 nitrogen and oxygen atoms in total. The maximum absolute atomic E-state index is 12.2. The molecule has 140 valence electrons. The number of thioether (sulfide) groups is 1. The molecular weight excluding hydrogens is 356 g/mol. The number of para-hydroxylation sites is 1. The minimum absolute atomic E-state index is 0.0147. The van der Waals surface area contributed by atoms with Gasteiger partial charge in [-0.15, -0.1) is 11.8 Å². The summed E-state index contributed by atoms with van der Waals surface area (Å²) >= 11 is 1.59. The molecule has 0 radical (unpaired) electrons. The number of pyridine rings is 1. The fourth-order valence-electron chi connectivity index (χ4n) is 2.89. The Labute approximate surface area is 164 Å². The van der Waals surface area contributed by atoms with Crippen molar-refractivity contribution in [2.45, 2.75) is 32.2 Å². The Morgan fingerprint density at radius 3 is 2.63 bits per heavy atom. The van der Waals surface area contributed by atoms with Gasteiger partial charge in [-0.25, -0.2) is 4.98 Å². The fraction of sp³-hybridized carbons (Fsp3) is 0.273.